The summed E-state index contributed by atoms with van der Waals surface area (Å²) in [5, 5.41) is 11.5. The zero-order valence-electron chi connectivity index (χ0n) is 11.1. The SMILES string of the molecule is CC(C)(C)OC(=O)N[C@@H]1CCOC[C@H]1CC(=O)O. The van der Waals surface area contributed by atoms with Crippen LogP contribution in [0.5, 0.6) is 0 Å². The maximum absolute atomic E-state index is 11.6. The summed E-state index contributed by atoms with van der Waals surface area (Å²) in [7, 11) is 0. The van der Waals surface area contributed by atoms with E-state index in [-0.39, 0.29) is 18.4 Å². The van der Waals surface area contributed by atoms with Crippen LogP contribution in [0.2, 0.25) is 0 Å². The lowest BCUT2D eigenvalue weighted by Crippen LogP contribution is -2.47. The van der Waals surface area contributed by atoms with Crippen molar-refractivity contribution in [1.82, 2.24) is 5.32 Å². The fraction of sp³-hybridized carbons (Fsp3) is 0.833. The van der Waals surface area contributed by atoms with Crippen LogP contribution >= 0.6 is 0 Å². The molecular weight excluding hydrogens is 238 g/mol. The summed E-state index contributed by atoms with van der Waals surface area (Å²) in [6.07, 6.45) is 0.0854. The van der Waals surface area contributed by atoms with Crippen LogP contribution < -0.4 is 5.32 Å². The Kier molecular flexibility index (Phi) is 4.95. The van der Waals surface area contributed by atoms with Crippen molar-refractivity contribution in [3.63, 3.8) is 0 Å². The van der Waals surface area contributed by atoms with Crippen LogP contribution in [0.1, 0.15) is 33.6 Å². The van der Waals surface area contributed by atoms with Gasteiger partial charge >= 0.3 is 12.1 Å². The van der Waals surface area contributed by atoms with E-state index in [1.165, 1.54) is 0 Å². The van der Waals surface area contributed by atoms with E-state index >= 15 is 0 Å². The molecule has 1 amide bonds. The van der Waals surface area contributed by atoms with Crippen LogP contribution in [-0.2, 0) is 14.3 Å². The molecule has 0 aromatic rings. The molecule has 0 unspecified atom stereocenters. The molecule has 6 heteroatoms. The molecule has 6 nitrogen and oxygen atoms in total. The molecule has 2 N–H and O–H groups in total. The van der Waals surface area contributed by atoms with E-state index in [0.717, 1.165) is 0 Å². The second-order valence-corrected chi connectivity index (χ2v) is 5.47. The molecule has 1 aliphatic rings. The molecule has 0 spiro atoms. The van der Waals surface area contributed by atoms with E-state index in [2.05, 4.69) is 5.32 Å². The Labute approximate surface area is 107 Å². The minimum Gasteiger partial charge on any atom is -0.481 e. The van der Waals surface area contributed by atoms with E-state index in [9.17, 15) is 9.59 Å². The first-order valence-corrected chi connectivity index (χ1v) is 6.07. The highest BCUT2D eigenvalue weighted by Crippen LogP contribution is 2.19. The number of nitrogens with one attached hydrogen (secondary N) is 1. The van der Waals surface area contributed by atoms with Crippen LogP contribution in [0.4, 0.5) is 4.79 Å². The van der Waals surface area contributed by atoms with Crippen molar-refractivity contribution >= 4 is 12.1 Å². The van der Waals surface area contributed by atoms with Gasteiger partial charge in [0, 0.05) is 18.6 Å². The van der Waals surface area contributed by atoms with Crippen LogP contribution in [0, 0.1) is 5.92 Å². The molecule has 1 saturated heterocycles. The molecule has 1 aliphatic heterocycles. The average Bonchev–Trinajstić information content (AvgIpc) is 2.17. The predicted molar refractivity (Wildman–Crippen MR) is 64.3 cm³/mol. The van der Waals surface area contributed by atoms with Gasteiger partial charge in [0.15, 0.2) is 0 Å². The smallest absolute Gasteiger partial charge is 0.407 e. The first-order valence-electron chi connectivity index (χ1n) is 6.07. The van der Waals surface area contributed by atoms with Crippen molar-refractivity contribution in [3.8, 4) is 0 Å². The number of ether oxygens (including phenoxy) is 2. The number of rotatable bonds is 3. The number of amides is 1. The first-order chi connectivity index (χ1) is 8.28. The van der Waals surface area contributed by atoms with Crippen molar-refractivity contribution in [2.75, 3.05) is 13.2 Å². The molecule has 0 bridgehead atoms. The van der Waals surface area contributed by atoms with Gasteiger partial charge in [-0.15, -0.1) is 0 Å². The topological polar surface area (TPSA) is 84.9 Å². The van der Waals surface area contributed by atoms with E-state index in [1.54, 1.807) is 20.8 Å². The van der Waals surface area contributed by atoms with Gasteiger partial charge in [0.2, 0.25) is 0 Å². The van der Waals surface area contributed by atoms with Gasteiger partial charge in [-0.2, -0.15) is 0 Å². The minimum absolute atomic E-state index is 0.0134. The van der Waals surface area contributed by atoms with Crippen LogP contribution in [-0.4, -0.2) is 42.0 Å². The summed E-state index contributed by atoms with van der Waals surface area (Å²) in [6.45, 7) is 6.23. The molecule has 0 aromatic heterocycles. The Balaban J connectivity index is 2.51. The molecule has 0 aromatic carbocycles. The Morgan fingerprint density at radius 3 is 2.67 bits per heavy atom. The molecule has 0 saturated carbocycles. The fourth-order valence-corrected chi connectivity index (χ4v) is 1.87. The number of carboxylic acids is 1. The highest BCUT2D eigenvalue weighted by atomic mass is 16.6. The van der Waals surface area contributed by atoms with Crippen molar-refractivity contribution in [3.05, 3.63) is 0 Å². The molecule has 104 valence electrons. The highest BCUT2D eigenvalue weighted by molar-refractivity contribution is 5.69. The molecule has 2 atom stereocenters. The summed E-state index contributed by atoms with van der Waals surface area (Å²) >= 11 is 0. The lowest BCUT2D eigenvalue weighted by molar-refractivity contribution is -0.139. The van der Waals surface area contributed by atoms with E-state index in [1.807, 2.05) is 0 Å². The van der Waals surface area contributed by atoms with Gasteiger partial charge in [0.25, 0.3) is 0 Å². The normalized spacial score (nSPS) is 24.4. The second kappa shape index (κ2) is 6.04. The third-order valence-electron chi connectivity index (χ3n) is 2.61. The zero-order chi connectivity index (χ0) is 13.8. The minimum atomic E-state index is -0.888. The van der Waals surface area contributed by atoms with Crippen molar-refractivity contribution in [2.24, 2.45) is 5.92 Å². The number of hydrogen-bond donors (Lipinski definition) is 2. The average molecular weight is 259 g/mol. The largest absolute Gasteiger partial charge is 0.481 e. The molecule has 1 fully saturated rings. The quantitative estimate of drug-likeness (QED) is 0.800. The van der Waals surface area contributed by atoms with Gasteiger partial charge in [-0.05, 0) is 27.2 Å². The summed E-state index contributed by atoms with van der Waals surface area (Å²) in [6, 6.07) is -0.204. The van der Waals surface area contributed by atoms with Gasteiger partial charge in [0.05, 0.1) is 13.0 Å². The van der Waals surface area contributed by atoms with Crippen molar-refractivity contribution in [2.45, 2.75) is 45.3 Å². The maximum Gasteiger partial charge on any atom is 0.407 e. The van der Waals surface area contributed by atoms with E-state index in [0.29, 0.717) is 19.6 Å². The van der Waals surface area contributed by atoms with Crippen molar-refractivity contribution in [1.29, 1.82) is 0 Å². The van der Waals surface area contributed by atoms with E-state index < -0.39 is 17.7 Å². The van der Waals surface area contributed by atoms with Crippen LogP contribution in [0.15, 0.2) is 0 Å². The van der Waals surface area contributed by atoms with E-state index in [4.69, 9.17) is 14.6 Å². The number of carbonyl (C=O) groups excluding carboxylic acids is 1. The fourth-order valence-electron chi connectivity index (χ4n) is 1.87. The number of hydrogen-bond acceptors (Lipinski definition) is 4. The molecule has 1 heterocycles. The van der Waals surface area contributed by atoms with Crippen LogP contribution in [0.25, 0.3) is 0 Å². The lowest BCUT2D eigenvalue weighted by atomic mass is 9.93. The molecular formula is C12H21NO5. The van der Waals surface area contributed by atoms with Crippen molar-refractivity contribution < 1.29 is 24.2 Å². The Morgan fingerprint density at radius 1 is 1.44 bits per heavy atom. The number of carboxylic acid groups (broad SMARTS) is 1. The van der Waals surface area contributed by atoms with Gasteiger partial charge in [-0.25, -0.2) is 4.79 Å². The standard InChI is InChI=1S/C12H21NO5/c1-12(2,3)18-11(16)13-9-4-5-17-7-8(9)6-10(14)15/h8-9H,4-7H2,1-3H3,(H,13,16)(H,14,15)/t8-,9-/m1/s1. The summed E-state index contributed by atoms with van der Waals surface area (Å²) in [4.78, 5) is 22.4. The maximum atomic E-state index is 11.6. The van der Waals surface area contributed by atoms with Gasteiger partial charge in [-0.1, -0.05) is 0 Å². The third kappa shape index (κ3) is 5.35. The lowest BCUT2D eigenvalue weighted by Gasteiger charge is -2.32. The number of aliphatic carboxylic acids is 1. The Morgan fingerprint density at radius 2 is 2.11 bits per heavy atom. The number of alkyl carbamates (subject to hydrolysis) is 1. The van der Waals surface area contributed by atoms with Crippen LogP contribution in [0.3, 0.4) is 0 Å². The monoisotopic (exact) mass is 259 g/mol. The molecule has 0 radical (unpaired) electrons. The van der Waals surface area contributed by atoms with Gasteiger partial charge in [-0.3, -0.25) is 4.79 Å². The first kappa shape index (κ1) is 14.8. The number of carbonyl (C=O) groups is 2. The van der Waals surface area contributed by atoms with Gasteiger partial charge < -0.3 is 19.9 Å². The highest BCUT2D eigenvalue weighted by Gasteiger charge is 2.30. The summed E-state index contributed by atoms with van der Waals surface area (Å²) < 4.78 is 10.4. The second-order valence-electron chi connectivity index (χ2n) is 5.47. The Bertz CT molecular complexity index is 310. The third-order valence-corrected chi connectivity index (χ3v) is 2.61. The predicted octanol–water partition coefficient (Wildman–Crippen LogP) is 1.39. The Hall–Kier alpha value is -1.30. The molecule has 1 rings (SSSR count). The molecule has 0 aliphatic carbocycles. The molecule has 18 heavy (non-hydrogen) atoms. The summed E-state index contributed by atoms with van der Waals surface area (Å²) in [5.41, 5.74) is -0.558. The zero-order valence-corrected chi connectivity index (χ0v) is 11.1. The summed E-state index contributed by atoms with van der Waals surface area (Å²) in [5.74, 6) is -1.09. The van der Waals surface area contributed by atoms with Gasteiger partial charge in [0.1, 0.15) is 5.60 Å².